The van der Waals surface area contributed by atoms with Crippen molar-refractivity contribution in [2.75, 3.05) is 32.7 Å². The van der Waals surface area contributed by atoms with Gasteiger partial charge in [-0.05, 0) is 6.42 Å². The molecule has 0 unspecified atom stereocenters. The number of rotatable bonds is 4. The van der Waals surface area contributed by atoms with Gasteiger partial charge in [0.1, 0.15) is 13.1 Å². The van der Waals surface area contributed by atoms with Crippen molar-refractivity contribution in [2.24, 2.45) is 0 Å². The SMILES string of the molecule is C=CCN(CC(=O)O)C(=O)N1CCCNC(=O)C1. The number of hydrogen-bond donors (Lipinski definition) is 2. The standard InChI is InChI=1S/C11H17N3O4/c1-2-5-13(8-10(16)17)11(18)14-6-3-4-12-9(15)7-14/h2H,1,3-8H2,(H,12,15)(H,16,17). The van der Waals surface area contributed by atoms with Crippen LogP contribution in [0.25, 0.3) is 0 Å². The van der Waals surface area contributed by atoms with E-state index in [0.717, 1.165) is 4.90 Å². The zero-order chi connectivity index (χ0) is 13.5. The Bertz CT molecular complexity index is 356. The second-order valence-electron chi connectivity index (χ2n) is 3.97. The summed E-state index contributed by atoms with van der Waals surface area (Å²) in [6.45, 7) is 4.16. The molecule has 1 saturated heterocycles. The van der Waals surface area contributed by atoms with E-state index in [0.29, 0.717) is 19.5 Å². The molecule has 1 aliphatic heterocycles. The average Bonchev–Trinajstić information content (AvgIpc) is 2.52. The van der Waals surface area contributed by atoms with Crippen molar-refractivity contribution in [3.8, 4) is 0 Å². The largest absolute Gasteiger partial charge is 0.480 e. The molecule has 0 aromatic heterocycles. The molecule has 2 N–H and O–H groups in total. The molecule has 1 aliphatic rings. The topological polar surface area (TPSA) is 90.0 Å². The molecule has 0 radical (unpaired) electrons. The van der Waals surface area contributed by atoms with Gasteiger partial charge in [-0.3, -0.25) is 9.59 Å². The first-order chi connectivity index (χ1) is 8.54. The van der Waals surface area contributed by atoms with Crippen LogP contribution in [0.15, 0.2) is 12.7 Å². The van der Waals surface area contributed by atoms with Gasteiger partial charge in [-0.1, -0.05) is 6.08 Å². The summed E-state index contributed by atoms with van der Waals surface area (Å²) in [6, 6.07) is -0.450. The molecule has 18 heavy (non-hydrogen) atoms. The molecule has 0 bridgehead atoms. The van der Waals surface area contributed by atoms with E-state index in [4.69, 9.17) is 5.11 Å². The summed E-state index contributed by atoms with van der Waals surface area (Å²) in [5.74, 6) is -1.32. The van der Waals surface area contributed by atoms with Crippen LogP contribution in [-0.2, 0) is 9.59 Å². The van der Waals surface area contributed by atoms with Crippen LogP contribution in [0.2, 0.25) is 0 Å². The maximum atomic E-state index is 12.1. The van der Waals surface area contributed by atoms with E-state index in [1.165, 1.54) is 11.0 Å². The molecule has 1 fully saturated rings. The molecule has 100 valence electrons. The lowest BCUT2D eigenvalue weighted by atomic mass is 10.4. The fourth-order valence-corrected chi connectivity index (χ4v) is 1.70. The zero-order valence-electron chi connectivity index (χ0n) is 10.1. The Kier molecular flexibility index (Phi) is 5.16. The molecule has 0 atom stereocenters. The molecular weight excluding hydrogens is 238 g/mol. The third-order valence-corrected chi connectivity index (χ3v) is 2.48. The number of carboxylic acids is 1. The predicted molar refractivity (Wildman–Crippen MR) is 64.0 cm³/mol. The van der Waals surface area contributed by atoms with Gasteiger partial charge in [0.2, 0.25) is 5.91 Å². The van der Waals surface area contributed by atoms with Crippen molar-refractivity contribution in [1.29, 1.82) is 0 Å². The molecule has 0 aromatic carbocycles. The molecule has 3 amide bonds. The van der Waals surface area contributed by atoms with Crippen LogP contribution in [-0.4, -0.2) is 65.5 Å². The highest BCUT2D eigenvalue weighted by molar-refractivity contribution is 5.86. The summed E-state index contributed by atoms with van der Waals surface area (Å²) in [5, 5.41) is 11.4. The van der Waals surface area contributed by atoms with Crippen LogP contribution in [0, 0.1) is 0 Å². The van der Waals surface area contributed by atoms with Crippen molar-refractivity contribution < 1.29 is 19.5 Å². The fourth-order valence-electron chi connectivity index (χ4n) is 1.70. The van der Waals surface area contributed by atoms with E-state index in [1.807, 2.05) is 0 Å². The smallest absolute Gasteiger partial charge is 0.323 e. The van der Waals surface area contributed by atoms with Crippen LogP contribution < -0.4 is 5.32 Å². The van der Waals surface area contributed by atoms with Crippen molar-refractivity contribution in [1.82, 2.24) is 15.1 Å². The Morgan fingerprint density at radius 1 is 1.56 bits per heavy atom. The van der Waals surface area contributed by atoms with Gasteiger partial charge in [-0.2, -0.15) is 0 Å². The molecule has 7 nitrogen and oxygen atoms in total. The van der Waals surface area contributed by atoms with Crippen molar-refractivity contribution in [3.63, 3.8) is 0 Å². The molecule has 1 heterocycles. The van der Waals surface area contributed by atoms with Gasteiger partial charge in [0.05, 0.1) is 0 Å². The third kappa shape index (κ3) is 4.08. The summed E-state index contributed by atoms with van der Waals surface area (Å²) < 4.78 is 0. The number of amides is 3. The molecular formula is C11H17N3O4. The van der Waals surface area contributed by atoms with Gasteiger partial charge in [-0.15, -0.1) is 6.58 Å². The second-order valence-corrected chi connectivity index (χ2v) is 3.97. The maximum Gasteiger partial charge on any atom is 0.323 e. The van der Waals surface area contributed by atoms with E-state index in [-0.39, 0.29) is 19.0 Å². The number of nitrogens with one attached hydrogen (secondary N) is 1. The average molecular weight is 255 g/mol. The Balaban J connectivity index is 2.70. The predicted octanol–water partition coefficient (Wildman–Crippen LogP) is -0.499. The molecule has 1 rings (SSSR count). The van der Waals surface area contributed by atoms with Gasteiger partial charge < -0.3 is 20.2 Å². The summed E-state index contributed by atoms with van der Waals surface area (Å²) in [7, 11) is 0. The Hall–Kier alpha value is -2.05. The second kappa shape index (κ2) is 6.63. The number of hydrogen-bond acceptors (Lipinski definition) is 3. The minimum Gasteiger partial charge on any atom is -0.480 e. The summed E-state index contributed by atoms with van der Waals surface area (Å²) in [6.07, 6.45) is 2.12. The number of carbonyl (C=O) groups is 3. The van der Waals surface area contributed by atoms with Crippen molar-refractivity contribution >= 4 is 17.9 Å². The zero-order valence-corrected chi connectivity index (χ0v) is 10.1. The molecule has 0 saturated carbocycles. The normalized spacial score (nSPS) is 15.6. The summed E-state index contributed by atoms with van der Waals surface area (Å²) in [4.78, 5) is 36.6. The summed E-state index contributed by atoms with van der Waals surface area (Å²) >= 11 is 0. The number of aliphatic carboxylic acids is 1. The molecule has 0 spiro atoms. The van der Waals surface area contributed by atoms with Gasteiger partial charge in [0.15, 0.2) is 0 Å². The van der Waals surface area contributed by atoms with Crippen LogP contribution in [0.3, 0.4) is 0 Å². The number of nitrogens with zero attached hydrogens (tertiary/aromatic N) is 2. The lowest BCUT2D eigenvalue weighted by molar-refractivity contribution is -0.137. The Morgan fingerprint density at radius 3 is 2.89 bits per heavy atom. The van der Waals surface area contributed by atoms with E-state index in [9.17, 15) is 14.4 Å². The van der Waals surface area contributed by atoms with Crippen LogP contribution in [0.1, 0.15) is 6.42 Å². The van der Waals surface area contributed by atoms with Crippen molar-refractivity contribution in [2.45, 2.75) is 6.42 Å². The number of carboxylic acid groups (broad SMARTS) is 1. The highest BCUT2D eigenvalue weighted by atomic mass is 16.4. The monoisotopic (exact) mass is 255 g/mol. The van der Waals surface area contributed by atoms with Crippen molar-refractivity contribution in [3.05, 3.63) is 12.7 Å². The van der Waals surface area contributed by atoms with Gasteiger partial charge in [0, 0.05) is 19.6 Å². The Labute approximate surface area is 105 Å². The molecule has 0 aromatic rings. The molecule has 7 heteroatoms. The highest BCUT2D eigenvalue weighted by Crippen LogP contribution is 2.03. The quantitative estimate of drug-likeness (QED) is 0.663. The highest BCUT2D eigenvalue weighted by Gasteiger charge is 2.25. The summed E-state index contributed by atoms with van der Waals surface area (Å²) in [5.41, 5.74) is 0. The van der Waals surface area contributed by atoms with E-state index in [2.05, 4.69) is 11.9 Å². The van der Waals surface area contributed by atoms with Gasteiger partial charge in [-0.25, -0.2) is 4.79 Å². The number of urea groups is 1. The van der Waals surface area contributed by atoms with Gasteiger partial charge >= 0.3 is 12.0 Å². The van der Waals surface area contributed by atoms with Crippen LogP contribution >= 0.6 is 0 Å². The van der Waals surface area contributed by atoms with Crippen LogP contribution in [0.4, 0.5) is 4.79 Å². The minimum atomic E-state index is -1.09. The van der Waals surface area contributed by atoms with E-state index in [1.54, 1.807) is 0 Å². The number of carbonyl (C=O) groups excluding carboxylic acids is 2. The first kappa shape index (κ1) is 14.0. The van der Waals surface area contributed by atoms with Crippen LogP contribution in [0.5, 0.6) is 0 Å². The molecule has 0 aliphatic carbocycles. The van der Waals surface area contributed by atoms with Gasteiger partial charge in [0.25, 0.3) is 0 Å². The fraction of sp³-hybridized carbons (Fsp3) is 0.545. The Morgan fingerprint density at radius 2 is 2.28 bits per heavy atom. The lowest BCUT2D eigenvalue weighted by Gasteiger charge is -2.27. The first-order valence-corrected chi connectivity index (χ1v) is 5.68. The lowest BCUT2D eigenvalue weighted by Crippen LogP contribution is -2.47. The first-order valence-electron chi connectivity index (χ1n) is 5.68. The third-order valence-electron chi connectivity index (χ3n) is 2.48. The minimum absolute atomic E-state index is 0.0356. The van der Waals surface area contributed by atoms with E-state index >= 15 is 0 Å². The maximum absolute atomic E-state index is 12.1. The van der Waals surface area contributed by atoms with E-state index < -0.39 is 18.5 Å².